The molecule has 0 aliphatic heterocycles. The highest BCUT2D eigenvalue weighted by Crippen LogP contribution is 2.45. The van der Waals surface area contributed by atoms with Crippen molar-refractivity contribution >= 4 is 23.4 Å². The van der Waals surface area contributed by atoms with Crippen LogP contribution in [0.3, 0.4) is 0 Å². The van der Waals surface area contributed by atoms with Gasteiger partial charge in [0.05, 0.1) is 25.5 Å². The topological polar surface area (TPSA) is 64.8 Å². The van der Waals surface area contributed by atoms with Crippen LogP contribution in [0.1, 0.15) is 37.6 Å². The molecule has 3 rings (SSSR count). The number of aryl methyl sites for hydroxylation is 1. The number of anilines is 1. The third-order valence-corrected chi connectivity index (χ3v) is 6.92. The molecule has 1 aliphatic rings. The van der Waals surface area contributed by atoms with Gasteiger partial charge in [0.1, 0.15) is 10.5 Å². The van der Waals surface area contributed by atoms with Gasteiger partial charge in [0.25, 0.3) is 0 Å². The SMILES string of the molecule is CCOC(=O)C1(SCCOCCc2nc(-c3ccc(N(C)C)cc3)oc2C)CCC1. The molecule has 0 saturated heterocycles. The van der Waals surface area contributed by atoms with Gasteiger partial charge in [-0.25, -0.2) is 4.98 Å². The maximum atomic E-state index is 12.2. The Labute approximate surface area is 183 Å². The summed E-state index contributed by atoms with van der Waals surface area (Å²) in [6, 6.07) is 8.16. The number of hydrogen-bond acceptors (Lipinski definition) is 7. The van der Waals surface area contributed by atoms with Gasteiger partial charge in [-0.15, -0.1) is 11.8 Å². The van der Waals surface area contributed by atoms with Crippen molar-refractivity contribution in [2.45, 2.75) is 44.3 Å². The normalized spacial score (nSPS) is 14.9. The highest BCUT2D eigenvalue weighted by atomic mass is 32.2. The largest absolute Gasteiger partial charge is 0.465 e. The second kappa shape index (κ2) is 10.4. The lowest BCUT2D eigenvalue weighted by Gasteiger charge is -2.38. The number of aromatic nitrogens is 1. The summed E-state index contributed by atoms with van der Waals surface area (Å²) in [7, 11) is 4.04. The van der Waals surface area contributed by atoms with E-state index in [4.69, 9.17) is 13.9 Å². The summed E-state index contributed by atoms with van der Waals surface area (Å²) < 4.78 is 16.6. The molecular formula is C23H32N2O4S. The Morgan fingerprint density at radius 1 is 1.23 bits per heavy atom. The molecule has 1 fully saturated rings. The molecule has 30 heavy (non-hydrogen) atoms. The number of nitrogens with zero attached hydrogens (tertiary/aromatic N) is 2. The lowest BCUT2D eigenvalue weighted by atomic mass is 9.84. The Hall–Kier alpha value is -1.99. The van der Waals surface area contributed by atoms with Gasteiger partial charge >= 0.3 is 5.97 Å². The van der Waals surface area contributed by atoms with Crippen LogP contribution < -0.4 is 4.90 Å². The third kappa shape index (κ3) is 5.38. The molecule has 0 bridgehead atoms. The van der Waals surface area contributed by atoms with Gasteiger partial charge in [0, 0.05) is 37.5 Å². The zero-order valence-electron chi connectivity index (χ0n) is 18.4. The number of hydrogen-bond donors (Lipinski definition) is 0. The molecule has 7 heteroatoms. The van der Waals surface area contributed by atoms with Crippen molar-refractivity contribution in [1.82, 2.24) is 4.98 Å². The highest BCUT2D eigenvalue weighted by molar-refractivity contribution is 8.01. The average Bonchev–Trinajstić information content (AvgIpc) is 3.07. The molecule has 0 spiro atoms. The van der Waals surface area contributed by atoms with E-state index in [1.807, 2.05) is 40.1 Å². The Morgan fingerprint density at radius 3 is 2.57 bits per heavy atom. The van der Waals surface area contributed by atoms with Crippen molar-refractivity contribution in [3.8, 4) is 11.5 Å². The maximum absolute atomic E-state index is 12.2. The van der Waals surface area contributed by atoms with Gasteiger partial charge in [-0.3, -0.25) is 4.79 Å². The summed E-state index contributed by atoms with van der Waals surface area (Å²) in [5, 5.41) is 0. The Morgan fingerprint density at radius 2 is 1.97 bits per heavy atom. The summed E-state index contributed by atoms with van der Waals surface area (Å²) in [6.07, 6.45) is 3.62. The van der Waals surface area contributed by atoms with E-state index in [2.05, 4.69) is 22.0 Å². The van der Waals surface area contributed by atoms with Crippen LogP contribution in [0.25, 0.3) is 11.5 Å². The number of thioether (sulfide) groups is 1. The van der Waals surface area contributed by atoms with E-state index < -0.39 is 0 Å². The number of rotatable bonds is 11. The Kier molecular flexibility index (Phi) is 7.83. The van der Waals surface area contributed by atoms with E-state index in [1.165, 1.54) is 0 Å². The van der Waals surface area contributed by atoms with Gasteiger partial charge in [0.15, 0.2) is 0 Å². The smallest absolute Gasteiger partial charge is 0.322 e. The van der Waals surface area contributed by atoms with Crippen molar-refractivity contribution in [3.63, 3.8) is 0 Å². The molecule has 1 aromatic carbocycles. The summed E-state index contributed by atoms with van der Waals surface area (Å²) >= 11 is 1.68. The van der Waals surface area contributed by atoms with Crippen molar-refractivity contribution in [3.05, 3.63) is 35.7 Å². The maximum Gasteiger partial charge on any atom is 0.322 e. The molecular weight excluding hydrogens is 400 g/mol. The minimum Gasteiger partial charge on any atom is -0.465 e. The summed E-state index contributed by atoms with van der Waals surface area (Å²) in [5.74, 6) is 2.20. The van der Waals surface area contributed by atoms with E-state index in [9.17, 15) is 4.79 Å². The molecule has 2 aromatic rings. The van der Waals surface area contributed by atoms with Crippen LogP contribution in [0.5, 0.6) is 0 Å². The van der Waals surface area contributed by atoms with Crippen molar-refractivity contribution in [1.29, 1.82) is 0 Å². The Balaban J connectivity index is 1.43. The second-order valence-electron chi connectivity index (χ2n) is 7.74. The van der Waals surface area contributed by atoms with Crippen LogP contribution in [0.15, 0.2) is 28.7 Å². The molecule has 1 aliphatic carbocycles. The first kappa shape index (κ1) is 22.7. The predicted molar refractivity (Wildman–Crippen MR) is 121 cm³/mol. The van der Waals surface area contributed by atoms with Crippen LogP contribution in [0.2, 0.25) is 0 Å². The first-order chi connectivity index (χ1) is 14.4. The van der Waals surface area contributed by atoms with Gasteiger partial charge in [0.2, 0.25) is 5.89 Å². The first-order valence-electron chi connectivity index (χ1n) is 10.6. The summed E-state index contributed by atoms with van der Waals surface area (Å²) in [4.78, 5) is 18.9. The van der Waals surface area contributed by atoms with Crippen molar-refractivity contribution in [2.75, 3.05) is 44.6 Å². The van der Waals surface area contributed by atoms with Crippen LogP contribution in [-0.2, 0) is 20.7 Å². The van der Waals surface area contributed by atoms with Crippen molar-refractivity contribution < 1.29 is 18.7 Å². The molecule has 6 nitrogen and oxygen atoms in total. The molecule has 0 radical (unpaired) electrons. The molecule has 0 amide bonds. The molecule has 0 atom stereocenters. The minimum absolute atomic E-state index is 0.0642. The van der Waals surface area contributed by atoms with Gasteiger partial charge < -0.3 is 18.8 Å². The van der Waals surface area contributed by atoms with Crippen molar-refractivity contribution in [2.24, 2.45) is 0 Å². The monoisotopic (exact) mass is 432 g/mol. The number of carbonyl (C=O) groups excluding carboxylic acids is 1. The number of oxazole rings is 1. The van der Waals surface area contributed by atoms with Gasteiger partial charge in [-0.2, -0.15) is 0 Å². The zero-order chi connectivity index (χ0) is 21.6. The lowest BCUT2D eigenvalue weighted by molar-refractivity contribution is -0.148. The standard InChI is InChI=1S/C23H32N2O4S/c1-5-28-22(26)23(12-6-13-23)30-16-15-27-14-11-20-17(2)29-21(24-20)18-7-9-19(10-8-18)25(3)4/h7-10H,5-6,11-16H2,1-4H3. The van der Waals surface area contributed by atoms with E-state index in [0.717, 1.165) is 47.7 Å². The minimum atomic E-state index is -0.334. The number of benzene rings is 1. The third-order valence-electron chi connectivity index (χ3n) is 5.42. The van der Waals surface area contributed by atoms with Crippen LogP contribution >= 0.6 is 11.8 Å². The van der Waals surface area contributed by atoms with E-state index >= 15 is 0 Å². The first-order valence-corrected chi connectivity index (χ1v) is 11.6. The molecule has 0 N–H and O–H groups in total. The lowest BCUT2D eigenvalue weighted by Crippen LogP contribution is -2.43. The molecule has 1 saturated carbocycles. The average molecular weight is 433 g/mol. The molecule has 1 aromatic heterocycles. The number of esters is 1. The second-order valence-corrected chi connectivity index (χ2v) is 9.22. The van der Waals surface area contributed by atoms with Crippen LogP contribution in [0.4, 0.5) is 5.69 Å². The highest BCUT2D eigenvalue weighted by Gasteiger charge is 2.45. The summed E-state index contributed by atoms with van der Waals surface area (Å²) in [5.41, 5.74) is 3.04. The molecule has 1 heterocycles. The van der Waals surface area contributed by atoms with Crippen LogP contribution in [-0.4, -0.2) is 55.4 Å². The fraction of sp³-hybridized carbons (Fsp3) is 0.565. The zero-order valence-corrected chi connectivity index (χ0v) is 19.2. The molecule has 164 valence electrons. The van der Waals surface area contributed by atoms with Crippen LogP contribution in [0, 0.1) is 6.92 Å². The molecule has 0 unspecified atom stereocenters. The van der Waals surface area contributed by atoms with E-state index in [1.54, 1.807) is 11.8 Å². The Bertz CT molecular complexity index is 828. The van der Waals surface area contributed by atoms with E-state index in [0.29, 0.717) is 32.1 Å². The number of carbonyl (C=O) groups is 1. The number of ether oxygens (including phenoxy) is 2. The predicted octanol–water partition coefficient (Wildman–Crippen LogP) is 4.49. The fourth-order valence-corrected chi connectivity index (χ4v) is 4.77. The van der Waals surface area contributed by atoms with Gasteiger partial charge in [-0.05, 0) is 57.4 Å². The summed E-state index contributed by atoms with van der Waals surface area (Å²) in [6.45, 7) is 5.43. The quantitative estimate of drug-likeness (QED) is 0.383. The van der Waals surface area contributed by atoms with E-state index in [-0.39, 0.29) is 10.7 Å². The van der Waals surface area contributed by atoms with Gasteiger partial charge in [-0.1, -0.05) is 0 Å². The fourth-order valence-electron chi connectivity index (χ4n) is 3.42.